The second-order valence-electron chi connectivity index (χ2n) is 6.79. The molecule has 1 aliphatic heterocycles. The fourth-order valence-corrected chi connectivity index (χ4v) is 3.42. The van der Waals surface area contributed by atoms with Crippen molar-refractivity contribution in [2.75, 3.05) is 6.54 Å². The number of furan rings is 1. The highest BCUT2D eigenvalue weighted by molar-refractivity contribution is 6.06. The number of carbonyl (C=O) groups is 3. The molecule has 0 bridgehead atoms. The first-order valence-electron chi connectivity index (χ1n) is 9.02. The van der Waals surface area contributed by atoms with Crippen molar-refractivity contribution in [2.24, 2.45) is 0 Å². The van der Waals surface area contributed by atoms with E-state index in [-0.39, 0.29) is 12.6 Å². The van der Waals surface area contributed by atoms with E-state index in [2.05, 4.69) is 15.6 Å². The third-order valence-corrected chi connectivity index (χ3v) is 4.86. The van der Waals surface area contributed by atoms with E-state index in [0.717, 1.165) is 21.4 Å². The molecule has 1 saturated heterocycles. The molecule has 4 amide bonds. The summed E-state index contributed by atoms with van der Waals surface area (Å²) in [5, 5.41) is 6.40. The monoisotopic (exact) mass is 380 g/mol. The summed E-state index contributed by atoms with van der Waals surface area (Å²) in [6.07, 6.45) is 3.71. The Morgan fingerprint density at radius 2 is 2.07 bits per heavy atom. The van der Waals surface area contributed by atoms with Crippen LogP contribution in [0.5, 0.6) is 0 Å². The summed E-state index contributed by atoms with van der Waals surface area (Å²) in [5.41, 5.74) is 1.91. The van der Waals surface area contributed by atoms with Crippen molar-refractivity contribution in [2.45, 2.75) is 25.4 Å². The quantitative estimate of drug-likeness (QED) is 0.569. The van der Waals surface area contributed by atoms with Crippen LogP contribution in [-0.4, -0.2) is 40.3 Å². The minimum Gasteiger partial charge on any atom is -0.467 e. The number of aromatic amines is 1. The van der Waals surface area contributed by atoms with E-state index in [9.17, 15) is 14.4 Å². The zero-order valence-electron chi connectivity index (χ0n) is 15.3. The number of hydrogen-bond acceptors (Lipinski definition) is 4. The number of rotatable bonds is 6. The normalized spacial score (nSPS) is 17.8. The first-order valence-corrected chi connectivity index (χ1v) is 9.02. The van der Waals surface area contributed by atoms with E-state index in [1.165, 1.54) is 6.26 Å². The fraction of sp³-hybridized carbons (Fsp3) is 0.250. The molecule has 2 atom stereocenters. The second kappa shape index (κ2) is 7.22. The molecule has 0 radical (unpaired) electrons. The summed E-state index contributed by atoms with van der Waals surface area (Å²) in [7, 11) is 0. The summed E-state index contributed by atoms with van der Waals surface area (Å²) in [5.74, 6) is -0.237. The third kappa shape index (κ3) is 3.36. The summed E-state index contributed by atoms with van der Waals surface area (Å²) >= 11 is 0. The number of carbonyl (C=O) groups excluding carboxylic acids is 3. The van der Waals surface area contributed by atoms with Crippen LogP contribution in [0, 0.1) is 0 Å². The van der Waals surface area contributed by atoms with Crippen molar-refractivity contribution < 1.29 is 18.8 Å². The molecule has 3 N–H and O–H groups in total. The van der Waals surface area contributed by atoms with Crippen molar-refractivity contribution in [3.63, 3.8) is 0 Å². The summed E-state index contributed by atoms with van der Waals surface area (Å²) in [6.45, 7) is 1.43. The smallest absolute Gasteiger partial charge is 0.325 e. The maximum Gasteiger partial charge on any atom is 0.325 e. The minimum atomic E-state index is -0.693. The van der Waals surface area contributed by atoms with Gasteiger partial charge in [-0.1, -0.05) is 18.2 Å². The molecule has 2 aromatic heterocycles. The van der Waals surface area contributed by atoms with Crippen LogP contribution in [0.25, 0.3) is 10.9 Å². The maximum atomic E-state index is 12.7. The van der Waals surface area contributed by atoms with E-state index >= 15 is 0 Å². The molecule has 3 heterocycles. The van der Waals surface area contributed by atoms with Crippen LogP contribution in [0.15, 0.2) is 53.3 Å². The van der Waals surface area contributed by atoms with Crippen LogP contribution in [0.2, 0.25) is 0 Å². The lowest BCUT2D eigenvalue weighted by atomic mass is 10.1. The van der Waals surface area contributed by atoms with Gasteiger partial charge in [0.1, 0.15) is 18.3 Å². The van der Waals surface area contributed by atoms with Gasteiger partial charge in [-0.3, -0.25) is 14.5 Å². The van der Waals surface area contributed by atoms with Crippen molar-refractivity contribution in [1.82, 2.24) is 20.5 Å². The predicted molar refractivity (Wildman–Crippen MR) is 101 cm³/mol. The minimum absolute atomic E-state index is 0.333. The van der Waals surface area contributed by atoms with Crippen molar-refractivity contribution in [3.8, 4) is 0 Å². The van der Waals surface area contributed by atoms with Crippen LogP contribution < -0.4 is 10.6 Å². The molecule has 8 nitrogen and oxygen atoms in total. The highest BCUT2D eigenvalue weighted by Crippen LogP contribution is 2.21. The number of amides is 4. The Hall–Kier alpha value is -3.55. The first kappa shape index (κ1) is 17.8. The van der Waals surface area contributed by atoms with Gasteiger partial charge in [-0.05, 0) is 30.7 Å². The van der Waals surface area contributed by atoms with Gasteiger partial charge in [-0.2, -0.15) is 0 Å². The molecule has 3 aromatic rings. The third-order valence-electron chi connectivity index (χ3n) is 4.86. The average molecular weight is 380 g/mol. The zero-order chi connectivity index (χ0) is 19.7. The molecule has 4 rings (SSSR count). The van der Waals surface area contributed by atoms with Gasteiger partial charge in [-0.25, -0.2) is 4.79 Å². The van der Waals surface area contributed by atoms with Crippen molar-refractivity contribution >= 4 is 28.7 Å². The van der Waals surface area contributed by atoms with Gasteiger partial charge in [0.05, 0.1) is 12.3 Å². The predicted octanol–water partition coefficient (Wildman–Crippen LogP) is 2.10. The molecular weight excluding hydrogens is 360 g/mol. The highest BCUT2D eigenvalue weighted by atomic mass is 16.3. The average Bonchev–Trinajstić information content (AvgIpc) is 3.40. The Balaban J connectivity index is 1.40. The standard InChI is InChI=1S/C20H20N4O4/c1-12(17-7-4-8-28-17)22-18(25)11-24-19(26)16(23-20(24)27)9-13-10-21-15-6-3-2-5-14(13)15/h2-8,10,12,16,21H,9,11H2,1H3,(H,22,25)(H,23,27)/t12-,16+/m1/s1. The van der Waals surface area contributed by atoms with Crippen LogP contribution in [0.3, 0.4) is 0 Å². The fourth-order valence-electron chi connectivity index (χ4n) is 3.42. The number of H-pyrrole nitrogens is 1. The Labute approximate surface area is 160 Å². The topological polar surface area (TPSA) is 107 Å². The van der Waals surface area contributed by atoms with Gasteiger partial charge >= 0.3 is 6.03 Å². The molecule has 8 heteroatoms. The van der Waals surface area contributed by atoms with Crippen LogP contribution in [0.1, 0.15) is 24.3 Å². The SMILES string of the molecule is C[C@@H](NC(=O)CN1C(=O)N[C@@H](Cc2c[nH]c3ccccc23)C1=O)c1ccco1. The maximum absolute atomic E-state index is 12.7. The van der Waals surface area contributed by atoms with Crippen LogP contribution in [-0.2, 0) is 16.0 Å². The molecule has 0 unspecified atom stereocenters. The Morgan fingerprint density at radius 3 is 2.86 bits per heavy atom. The van der Waals surface area contributed by atoms with Gasteiger partial charge in [-0.15, -0.1) is 0 Å². The summed E-state index contributed by atoms with van der Waals surface area (Å²) < 4.78 is 5.24. The van der Waals surface area contributed by atoms with Crippen molar-refractivity contribution in [3.05, 3.63) is 60.2 Å². The number of benzene rings is 1. The molecule has 0 aliphatic carbocycles. The number of nitrogens with zero attached hydrogens (tertiary/aromatic N) is 1. The number of imide groups is 1. The Morgan fingerprint density at radius 1 is 1.25 bits per heavy atom. The van der Waals surface area contributed by atoms with Gasteiger partial charge in [0.15, 0.2) is 0 Å². The molecule has 1 aliphatic rings. The molecular formula is C20H20N4O4. The van der Waals surface area contributed by atoms with Gasteiger partial charge < -0.3 is 20.0 Å². The summed E-state index contributed by atoms with van der Waals surface area (Å²) in [6, 6.07) is 9.62. The first-order chi connectivity index (χ1) is 13.5. The molecule has 28 heavy (non-hydrogen) atoms. The highest BCUT2D eigenvalue weighted by Gasteiger charge is 2.39. The number of urea groups is 1. The molecule has 0 spiro atoms. The number of para-hydroxylation sites is 1. The number of aromatic nitrogens is 1. The van der Waals surface area contributed by atoms with E-state index in [1.54, 1.807) is 19.1 Å². The number of hydrogen-bond donors (Lipinski definition) is 3. The largest absolute Gasteiger partial charge is 0.467 e. The van der Waals surface area contributed by atoms with Crippen LogP contribution in [0.4, 0.5) is 4.79 Å². The molecule has 1 fully saturated rings. The Bertz CT molecular complexity index is 1020. The van der Waals surface area contributed by atoms with Gasteiger partial charge in [0.25, 0.3) is 5.91 Å². The van der Waals surface area contributed by atoms with E-state index in [4.69, 9.17) is 4.42 Å². The van der Waals surface area contributed by atoms with Crippen molar-refractivity contribution in [1.29, 1.82) is 0 Å². The molecule has 0 saturated carbocycles. The van der Waals surface area contributed by atoms with Crippen LogP contribution >= 0.6 is 0 Å². The van der Waals surface area contributed by atoms with E-state index < -0.39 is 23.9 Å². The lowest BCUT2D eigenvalue weighted by Crippen LogP contribution is -2.41. The van der Waals surface area contributed by atoms with E-state index in [1.807, 2.05) is 30.5 Å². The Kier molecular flexibility index (Phi) is 4.60. The molecule has 1 aromatic carbocycles. The summed E-state index contributed by atoms with van der Waals surface area (Å²) in [4.78, 5) is 41.3. The lowest BCUT2D eigenvalue weighted by molar-refractivity contribution is -0.132. The molecule has 144 valence electrons. The number of nitrogens with one attached hydrogen (secondary N) is 3. The lowest BCUT2D eigenvalue weighted by Gasteiger charge is -2.15. The number of fused-ring (bicyclic) bond motifs is 1. The van der Waals surface area contributed by atoms with Gasteiger partial charge in [0.2, 0.25) is 5.91 Å². The van der Waals surface area contributed by atoms with Gasteiger partial charge in [0, 0.05) is 23.5 Å². The second-order valence-corrected chi connectivity index (χ2v) is 6.79. The zero-order valence-corrected chi connectivity index (χ0v) is 15.3. The van der Waals surface area contributed by atoms with E-state index in [0.29, 0.717) is 12.2 Å².